The lowest BCUT2D eigenvalue weighted by atomic mass is 10.2. The second kappa shape index (κ2) is 12.0. The molecule has 0 aliphatic heterocycles. The minimum atomic E-state index is -0.221. The molecule has 0 aromatic heterocycles. The molecule has 8 nitrogen and oxygen atoms in total. The third-order valence-electron chi connectivity index (χ3n) is 4.71. The maximum absolute atomic E-state index is 12.6. The van der Waals surface area contributed by atoms with Crippen LogP contribution < -0.4 is 21.2 Å². The van der Waals surface area contributed by atoms with Crippen LogP contribution in [-0.4, -0.2) is 36.7 Å². The van der Waals surface area contributed by atoms with E-state index in [0.717, 1.165) is 17.1 Å². The molecule has 0 unspecified atom stereocenters. The number of aliphatic imine (C=N–C) groups is 1. The molecule has 0 fully saturated rings. The predicted molar refractivity (Wildman–Crippen MR) is 133 cm³/mol. The Morgan fingerprint density at radius 3 is 2.52 bits per heavy atom. The molecule has 0 heterocycles. The first kappa shape index (κ1) is 23.5. The SMILES string of the molecule is COc1cccc(C(=O)Nc2cccc(Nc3cccc(N=CC(CCCO)=NN)c3)c2)c1. The van der Waals surface area contributed by atoms with Crippen molar-refractivity contribution < 1.29 is 14.6 Å². The van der Waals surface area contributed by atoms with E-state index in [9.17, 15) is 4.79 Å². The summed E-state index contributed by atoms with van der Waals surface area (Å²) in [7, 11) is 1.56. The minimum absolute atomic E-state index is 0.0747. The molecule has 0 saturated heterocycles. The van der Waals surface area contributed by atoms with Gasteiger partial charge in [-0.15, -0.1) is 0 Å². The summed E-state index contributed by atoms with van der Waals surface area (Å²) in [6.45, 7) is 0.0747. The second-order valence-corrected chi connectivity index (χ2v) is 7.15. The number of carbonyl (C=O) groups excluding carboxylic acids is 1. The zero-order valence-corrected chi connectivity index (χ0v) is 18.4. The third kappa shape index (κ3) is 7.19. The molecule has 0 radical (unpaired) electrons. The van der Waals surface area contributed by atoms with Gasteiger partial charge in [0.1, 0.15) is 5.75 Å². The lowest BCUT2D eigenvalue weighted by molar-refractivity contribution is 0.102. The topological polar surface area (TPSA) is 121 Å². The number of anilines is 3. The number of carbonyl (C=O) groups is 1. The van der Waals surface area contributed by atoms with Crippen LogP contribution in [0.4, 0.5) is 22.7 Å². The summed E-state index contributed by atoms with van der Waals surface area (Å²) in [5, 5.41) is 18.9. The molecule has 0 saturated carbocycles. The molecule has 3 aromatic rings. The number of hydrogen-bond acceptors (Lipinski definition) is 7. The molecule has 3 rings (SSSR count). The van der Waals surface area contributed by atoms with Gasteiger partial charge >= 0.3 is 0 Å². The van der Waals surface area contributed by atoms with Crippen molar-refractivity contribution in [2.45, 2.75) is 12.8 Å². The molecule has 0 atom stereocenters. The van der Waals surface area contributed by atoms with Crippen molar-refractivity contribution in [2.24, 2.45) is 15.9 Å². The maximum atomic E-state index is 12.6. The number of hydrogen-bond donors (Lipinski definition) is 4. The predicted octanol–water partition coefficient (Wildman–Crippen LogP) is 4.48. The molecule has 170 valence electrons. The number of ether oxygens (including phenoxy) is 1. The zero-order chi connectivity index (χ0) is 23.5. The van der Waals surface area contributed by atoms with Crippen LogP contribution in [0.25, 0.3) is 0 Å². The molecule has 5 N–H and O–H groups in total. The highest BCUT2D eigenvalue weighted by Gasteiger charge is 2.08. The fraction of sp³-hybridized carbons (Fsp3) is 0.160. The summed E-state index contributed by atoms with van der Waals surface area (Å²) in [5.41, 5.74) is 4.16. The van der Waals surface area contributed by atoms with E-state index in [4.69, 9.17) is 15.7 Å². The largest absolute Gasteiger partial charge is 0.497 e. The number of nitrogens with two attached hydrogens (primary N) is 1. The Balaban J connectivity index is 1.67. The average molecular weight is 446 g/mol. The Labute approximate surface area is 192 Å². The lowest BCUT2D eigenvalue weighted by Gasteiger charge is -2.10. The molecule has 0 aliphatic carbocycles. The zero-order valence-electron chi connectivity index (χ0n) is 18.4. The van der Waals surface area contributed by atoms with Crippen LogP contribution in [0.1, 0.15) is 23.2 Å². The first-order chi connectivity index (χ1) is 16.1. The molecule has 8 heteroatoms. The standard InChI is InChI=1S/C25H27N5O3/c1-33-24-12-2-6-18(14-24)25(32)29-22-10-4-9-21(16-22)28-20-8-3-7-19(15-20)27-17-23(30-26)11-5-13-31/h2-4,6-10,12,14-17,28,31H,5,11,13,26H2,1H3,(H,29,32). The number of methoxy groups -OCH3 is 1. The minimum Gasteiger partial charge on any atom is -0.497 e. The van der Waals surface area contributed by atoms with Crippen molar-refractivity contribution in [2.75, 3.05) is 24.4 Å². The number of aliphatic hydroxyl groups is 1. The Hall–Kier alpha value is -4.17. The number of aliphatic hydroxyl groups excluding tert-OH is 1. The van der Waals surface area contributed by atoms with Gasteiger partial charge in [0, 0.05) is 29.2 Å². The smallest absolute Gasteiger partial charge is 0.255 e. The van der Waals surface area contributed by atoms with Crippen molar-refractivity contribution in [3.63, 3.8) is 0 Å². The maximum Gasteiger partial charge on any atom is 0.255 e. The van der Waals surface area contributed by atoms with Crippen LogP contribution in [-0.2, 0) is 0 Å². The van der Waals surface area contributed by atoms with Gasteiger partial charge in [-0.1, -0.05) is 18.2 Å². The lowest BCUT2D eigenvalue weighted by Crippen LogP contribution is -2.12. The molecule has 33 heavy (non-hydrogen) atoms. The van der Waals surface area contributed by atoms with E-state index in [1.165, 1.54) is 0 Å². The van der Waals surface area contributed by atoms with E-state index in [-0.39, 0.29) is 12.5 Å². The van der Waals surface area contributed by atoms with Gasteiger partial charge in [-0.3, -0.25) is 9.79 Å². The van der Waals surface area contributed by atoms with Crippen LogP contribution >= 0.6 is 0 Å². The number of benzene rings is 3. The number of hydrazone groups is 1. The van der Waals surface area contributed by atoms with Crippen molar-refractivity contribution in [3.05, 3.63) is 78.4 Å². The summed E-state index contributed by atoms with van der Waals surface area (Å²) < 4.78 is 5.18. The van der Waals surface area contributed by atoms with Gasteiger partial charge in [0.2, 0.25) is 0 Å². The first-order valence-corrected chi connectivity index (χ1v) is 10.5. The van der Waals surface area contributed by atoms with Crippen LogP contribution in [0.3, 0.4) is 0 Å². The summed E-state index contributed by atoms with van der Waals surface area (Å²) >= 11 is 0. The van der Waals surface area contributed by atoms with Crippen LogP contribution in [0.5, 0.6) is 5.75 Å². The van der Waals surface area contributed by atoms with Crippen molar-refractivity contribution in [3.8, 4) is 5.75 Å². The van der Waals surface area contributed by atoms with E-state index in [2.05, 4.69) is 20.7 Å². The van der Waals surface area contributed by atoms with Gasteiger partial charge in [-0.25, -0.2) is 0 Å². The third-order valence-corrected chi connectivity index (χ3v) is 4.71. The molecule has 1 amide bonds. The summed E-state index contributed by atoms with van der Waals surface area (Å²) in [4.78, 5) is 17.0. The number of amides is 1. The average Bonchev–Trinajstić information content (AvgIpc) is 2.84. The molecule has 0 aliphatic rings. The van der Waals surface area contributed by atoms with Crippen LogP contribution in [0.15, 0.2) is 82.9 Å². The molecular formula is C25H27N5O3. The molecule has 0 bridgehead atoms. The van der Waals surface area contributed by atoms with Crippen LogP contribution in [0, 0.1) is 0 Å². The van der Waals surface area contributed by atoms with Crippen molar-refractivity contribution >= 4 is 40.6 Å². The van der Waals surface area contributed by atoms with Crippen LogP contribution in [0.2, 0.25) is 0 Å². The van der Waals surface area contributed by atoms with Gasteiger partial charge in [-0.05, 0) is 67.4 Å². The fourth-order valence-electron chi connectivity index (χ4n) is 3.04. The van der Waals surface area contributed by atoms with E-state index in [0.29, 0.717) is 35.6 Å². The Morgan fingerprint density at radius 2 is 1.76 bits per heavy atom. The van der Waals surface area contributed by atoms with Gasteiger partial charge < -0.3 is 26.3 Å². The van der Waals surface area contributed by atoms with Crippen molar-refractivity contribution in [1.82, 2.24) is 0 Å². The highest BCUT2D eigenvalue weighted by molar-refractivity contribution is 6.31. The Bertz CT molecular complexity index is 1140. The van der Waals surface area contributed by atoms with Crippen molar-refractivity contribution in [1.29, 1.82) is 0 Å². The van der Waals surface area contributed by atoms with Gasteiger partial charge in [-0.2, -0.15) is 5.10 Å². The first-order valence-electron chi connectivity index (χ1n) is 10.5. The molecule has 0 spiro atoms. The Morgan fingerprint density at radius 1 is 1.03 bits per heavy atom. The summed E-state index contributed by atoms with van der Waals surface area (Å²) in [6.07, 6.45) is 2.74. The summed E-state index contributed by atoms with van der Waals surface area (Å²) in [5.74, 6) is 5.78. The number of nitrogens with one attached hydrogen (secondary N) is 2. The monoisotopic (exact) mass is 445 g/mol. The van der Waals surface area contributed by atoms with Gasteiger partial charge in [0.15, 0.2) is 0 Å². The van der Waals surface area contributed by atoms with Gasteiger partial charge in [0.25, 0.3) is 5.91 Å². The number of nitrogens with zero attached hydrogens (tertiary/aromatic N) is 2. The molecule has 3 aromatic carbocycles. The van der Waals surface area contributed by atoms with E-state index >= 15 is 0 Å². The summed E-state index contributed by atoms with van der Waals surface area (Å²) in [6, 6.07) is 22.0. The quantitative estimate of drug-likeness (QED) is 0.208. The normalized spacial score (nSPS) is 11.4. The van der Waals surface area contributed by atoms with E-state index in [1.54, 1.807) is 37.6 Å². The van der Waals surface area contributed by atoms with Gasteiger partial charge in [0.05, 0.1) is 24.7 Å². The van der Waals surface area contributed by atoms with E-state index < -0.39 is 0 Å². The Kier molecular flexibility index (Phi) is 8.55. The van der Waals surface area contributed by atoms with E-state index in [1.807, 2.05) is 48.5 Å². The fourth-order valence-corrected chi connectivity index (χ4v) is 3.04. The highest BCUT2D eigenvalue weighted by atomic mass is 16.5. The second-order valence-electron chi connectivity index (χ2n) is 7.15. The number of rotatable bonds is 10. The molecular weight excluding hydrogens is 418 g/mol. The highest BCUT2D eigenvalue weighted by Crippen LogP contribution is 2.24.